The molecule has 21 heavy (non-hydrogen) atoms. The third-order valence-electron chi connectivity index (χ3n) is 4.73. The zero-order valence-corrected chi connectivity index (χ0v) is 13.4. The Labute approximate surface area is 126 Å². The van der Waals surface area contributed by atoms with Crippen molar-refractivity contribution >= 4 is 7.12 Å². The SMILES string of the molecule is CC(Cc1ccc2c(c1)OCO2)B1OC(C)(C)C(C)(C)O1. The van der Waals surface area contributed by atoms with Crippen LogP contribution in [0.3, 0.4) is 0 Å². The Morgan fingerprint density at radius 1 is 1.05 bits per heavy atom. The van der Waals surface area contributed by atoms with Crippen LogP contribution in [0.15, 0.2) is 18.2 Å². The summed E-state index contributed by atoms with van der Waals surface area (Å²) in [4.78, 5) is 0. The fourth-order valence-corrected chi connectivity index (χ4v) is 2.66. The monoisotopic (exact) mass is 290 g/mol. The Hall–Kier alpha value is -1.20. The van der Waals surface area contributed by atoms with E-state index in [9.17, 15) is 0 Å². The lowest BCUT2D eigenvalue weighted by Gasteiger charge is -2.32. The number of benzene rings is 1. The van der Waals surface area contributed by atoms with Crippen molar-refractivity contribution in [3.05, 3.63) is 23.8 Å². The van der Waals surface area contributed by atoms with Gasteiger partial charge in [0.25, 0.3) is 0 Å². The molecule has 3 rings (SSSR count). The minimum Gasteiger partial charge on any atom is -0.454 e. The molecule has 0 N–H and O–H groups in total. The van der Waals surface area contributed by atoms with Crippen LogP contribution in [-0.2, 0) is 15.7 Å². The van der Waals surface area contributed by atoms with Crippen LogP contribution in [0.5, 0.6) is 11.5 Å². The summed E-state index contributed by atoms with van der Waals surface area (Å²) in [6, 6.07) is 6.09. The molecular weight excluding hydrogens is 267 g/mol. The standard InChI is InChI=1S/C16H23BO4/c1-11(17-20-15(2,3)16(4,5)21-17)8-12-6-7-13-14(9-12)19-10-18-13/h6-7,9,11H,8,10H2,1-5H3. The second kappa shape index (κ2) is 4.92. The maximum Gasteiger partial charge on any atom is 0.461 e. The highest BCUT2D eigenvalue weighted by Gasteiger charge is 2.52. The van der Waals surface area contributed by atoms with Crippen LogP contribution in [-0.4, -0.2) is 25.1 Å². The zero-order valence-electron chi connectivity index (χ0n) is 13.4. The second-order valence-electron chi connectivity index (χ2n) is 6.99. The third-order valence-corrected chi connectivity index (χ3v) is 4.73. The molecule has 2 aliphatic rings. The first-order valence-corrected chi connectivity index (χ1v) is 7.53. The van der Waals surface area contributed by atoms with Gasteiger partial charge >= 0.3 is 7.12 Å². The molecule has 0 spiro atoms. The van der Waals surface area contributed by atoms with Crippen LogP contribution in [0, 0.1) is 0 Å². The fraction of sp³-hybridized carbons (Fsp3) is 0.625. The second-order valence-corrected chi connectivity index (χ2v) is 6.99. The first-order valence-electron chi connectivity index (χ1n) is 7.53. The number of hydrogen-bond donors (Lipinski definition) is 0. The largest absolute Gasteiger partial charge is 0.461 e. The molecule has 5 heteroatoms. The third kappa shape index (κ3) is 2.65. The normalized spacial score (nSPS) is 23.4. The lowest BCUT2D eigenvalue weighted by molar-refractivity contribution is 0.00578. The summed E-state index contributed by atoms with van der Waals surface area (Å²) < 4.78 is 23.0. The van der Waals surface area contributed by atoms with Crippen molar-refractivity contribution in [1.29, 1.82) is 0 Å². The molecule has 2 aliphatic heterocycles. The van der Waals surface area contributed by atoms with Gasteiger partial charge in [-0.05, 0) is 57.6 Å². The number of ether oxygens (including phenoxy) is 2. The van der Waals surface area contributed by atoms with Crippen LogP contribution < -0.4 is 9.47 Å². The first-order chi connectivity index (χ1) is 9.78. The Bertz CT molecular complexity index is 525. The van der Waals surface area contributed by atoms with Crippen LogP contribution >= 0.6 is 0 Å². The molecule has 114 valence electrons. The average Bonchev–Trinajstić information content (AvgIpc) is 2.91. The summed E-state index contributed by atoms with van der Waals surface area (Å²) in [5, 5.41) is 0. The van der Waals surface area contributed by atoms with Crippen molar-refractivity contribution in [2.75, 3.05) is 6.79 Å². The molecule has 4 nitrogen and oxygen atoms in total. The smallest absolute Gasteiger partial charge is 0.454 e. The summed E-state index contributed by atoms with van der Waals surface area (Å²) in [6.45, 7) is 10.8. The van der Waals surface area contributed by atoms with E-state index in [4.69, 9.17) is 18.8 Å². The van der Waals surface area contributed by atoms with Crippen LogP contribution in [0.1, 0.15) is 40.2 Å². The lowest BCUT2D eigenvalue weighted by atomic mass is 9.70. The highest BCUT2D eigenvalue weighted by Crippen LogP contribution is 2.41. The van der Waals surface area contributed by atoms with E-state index in [1.807, 2.05) is 12.1 Å². The van der Waals surface area contributed by atoms with Gasteiger partial charge in [0.05, 0.1) is 11.2 Å². The zero-order chi connectivity index (χ0) is 15.3. The van der Waals surface area contributed by atoms with E-state index in [0.29, 0.717) is 6.79 Å². The number of fused-ring (bicyclic) bond motifs is 1. The Morgan fingerprint density at radius 2 is 1.67 bits per heavy atom. The molecule has 1 fully saturated rings. The van der Waals surface area contributed by atoms with Gasteiger partial charge in [-0.3, -0.25) is 0 Å². The Kier molecular flexibility index (Phi) is 3.45. The molecule has 0 bridgehead atoms. The molecule has 0 saturated carbocycles. The van der Waals surface area contributed by atoms with Gasteiger partial charge < -0.3 is 18.8 Å². The van der Waals surface area contributed by atoms with Gasteiger partial charge in [-0.25, -0.2) is 0 Å². The van der Waals surface area contributed by atoms with Crippen LogP contribution in [0.2, 0.25) is 5.82 Å². The summed E-state index contributed by atoms with van der Waals surface area (Å²) in [6.07, 6.45) is 0.882. The topological polar surface area (TPSA) is 36.9 Å². The first kappa shape index (κ1) is 14.7. The van der Waals surface area contributed by atoms with Gasteiger partial charge in [0.1, 0.15) is 0 Å². The maximum absolute atomic E-state index is 6.11. The summed E-state index contributed by atoms with van der Waals surface area (Å²) >= 11 is 0. The molecule has 1 unspecified atom stereocenters. The average molecular weight is 290 g/mol. The van der Waals surface area contributed by atoms with Crippen molar-refractivity contribution < 1.29 is 18.8 Å². The van der Waals surface area contributed by atoms with E-state index in [2.05, 4.69) is 40.7 Å². The summed E-state index contributed by atoms with van der Waals surface area (Å²) in [5.74, 6) is 1.92. The van der Waals surface area contributed by atoms with E-state index in [1.165, 1.54) is 5.56 Å². The highest BCUT2D eigenvalue weighted by atomic mass is 16.7. The lowest BCUT2D eigenvalue weighted by Crippen LogP contribution is -2.41. The maximum atomic E-state index is 6.11. The molecular formula is C16H23BO4. The molecule has 2 heterocycles. The van der Waals surface area contributed by atoms with Crippen molar-refractivity contribution in [1.82, 2.24) is 0 Å². The van der Waals surface area contributed by atoms with Gasteiger partial charge in [-0.15, -0.1) is 0 Å². The molecule has 1 aromatic carbocycles. The number of hydrogen-bond acceptors (Lipinski definition) is 4. The van der Waals surface area contributed by atoms with Crippen LogP contribution in [0.25, 0.3) is 0 Å². The van der Waals surface area contributed by atoms with Crippen molar-refractivity contribution in [3.8, 4) is 11.5 Å². The van der Waals surface area contributed by atoms with Gasteiger partial charge in [0.15, 0.2) is 11.5 Å². The predicted molar refractivity (Wildman–Crippen MR) is 81.8 cm³/mol. The van der Waals surface area contributed by atoms with E-state index >= 15 is 0 Å². The van der Waals surface area contributed by atoms with Gasteiger partial charge in [-0.2, -0.15) is 0 Å². The van der Waals surface area contributed by atoms with Crippen molar-refractivity contribution in [3.63, 3.8) is 0 Å². The fourth-order valence-electron chi connectivity index (χ4n) is 2.66. The molecule has 1 aromatic rings. The minimum absolute atomic E-state index is 0.180. The minimum atomic E-state index is -0.277. The summed E-state index contributed by atoms with van der Waals surface area (Å²) in [5.41, 5.74) is 0.656. The molecule has 0 radical (unpaired) electrons. The Morgan fingerprint density at radius 3 is 2.33 bits per heavy atom. The van der Waals surface area contributed by atoms with E-state index in [-0.39, 0.29) is 24.1 Å². The van der Waals surface area contributed by atoms with E-state index in [0.717, 1.165) is 17.9 Å². The molecule has 1 atom stereocenters. The van der Waals surface area contributed by atoms with Gasteiger partial charge in [0.2, 0.25) is 6.79 Å². The molecule has 1 saturated heterocycles. The summed E-state index contributed by atoms with van der Waals surface area (Å²) in [7, 11) is -0.180. The van der Waals surface area contributed by atoms with Gasteiger partial charge in [0, 0.05) is 0 Å². The quantitative estimate of drug-likeness (QED) is 0.799. The Balaban J connectivity index is 1.69. The van der Waals surface area contributed by atoms with E-state index < -0.39 is 0 Å². The number of rotatable bonds is 3. The highest BCUT2D eigenvalue weighted by molar-refractivity contribution is 6.47. The van der Waals surface area contributed by atoms with Gasteiger partial charge in [-0.1, -0.05) is 13.0 Å². The van der Waals surface area contributed by atoms with E-state index in [1.54, 1.807) is 0 Å². The molecule has 0 amide bonds. The van der Waals surface area contributed by atoms with Crippen molar-refractivity contribution in [2.45, 2.75) is 58.1 Å². The predicted octanol–water partition coefficient (Wildman–Crippen LogP) is 3.44. The molecule has 0 aliphatic carbocycles. The molecule has 0 aromatic heterocycles. The van der Waals surface area contributed by atoms with Crippen molar-refractivity contribution in [2.24, 2.45) is 0 Å². The van der Waals surface area contributed by atoms with Crippen LogP contribution in [0.4, 0.5) is 0 Å².